The molecule has 17 heavy (non-hydrogen) atoms. The van der Waals surface area contributed by atoms with E-state index < -0.39 is 0 Å². The van der Waals surface area contributed by atoms with Gasteiger partial charge in [0.2, 0.25) is 0 Å². The van der Waals surface area contributed by atoms with Gasteiger partial charge < -0.3 is 0 Å². The van der Waals surface area contributed by atoms with Crippen LogP contribution < -0.4 is 0 Å². The van der Waals surface area contributed by atoms with Crippen molar-refractivity contribution >= 4 is 11.6 Å². The van der Waals surface area contributed by atoms with E-state index in [9.17, 15) is 0 Å². The van der Waals surface area contributed by atoms with Crippen LogP contribution in [0.15, 0.2) is 24.5 Å². The van der Waals surface area contributed by atoms with Gasteiger partial charge in [0.15, 0.2) is 0 Å². The summed E-state index contributed by atoms with van der Waals surface area (Å²) in [4.78, 5) is 9.01. The van der Waals surface area contributed by atoms with Crippen LogP contribution >= 0.6 is 11.6 Å². The van der Waals surface area contributed by atoms with Gasteiger partial charge in [-0.3, -0.25) is 4.57 Å². The minimum Gasteiger partial charge on any atom is -0.287 e. The third kappa shape index (κ3) is 1.95. The van der Waals surface area contributed by atoms with Gasteiger partial charge in [0.1, 0.15) is 12.1 Å². The molecule has 2 heterocycles. The van der Waals surface area contributed by atoms with Crippen molar-refractivity contribution in [2.45, 2.75) is 31.6 Å². The summed E-state index contributed by atoms with van der Waals surface area (Å²) >= 11 is 5.82. The van der Waals surface area contributed by atoms with Crippen molar-refractivity contribution in [1.29, 1.82) is 0 Å². The van der Waals surface area contributed by atoms with Crippen LogP contribution in [0.1, 0.15) is 29.9 Å². The highest BCUT2D eigenvalue weighted by molar-refractivity contribution is 6.16. The number of alkyl halides is 1. The molecule has 3 rings (SSSR count). The van der Waals surface area contributed by atoms with Gasteiger partial charge in [-0.15, -0.1) is 11.6 Å². The predicted molar refractivity (Wildman–Crippen MR) is 67.6 cm³/mol. The van der Waals surface area contributed by atoms with Crippen molar-refractivity contribution in [3.05, 3.63) is 41.6 Å². The molecule has 2 aromatic heterocycles. The van der Waals surface area contributed by atoms with Crippen molar-refractivity contribution in [2.24, 2.45) is 0 Å². The normalized spacial score (nSPS) is 14.6. The van der Waals surface area contributed by atoms with E-state index in [1.807, 2.05) is 24.5 Å². The SMILES string of the molecule is ClCc1cccc(-n2cnc3c2CCCC3)n1. The third-order valence-corrected chi connectivity index (χ3v) is 3.48. The summed E-state index contributed by atoms with van der Waals surface area (Å²) in [5.41, 5.74) is 3.45. The molecule has 0 spiro atoms. The van der Waals surface area contributed by atoms with Crippen LogP contribution in [-0.4, -0.2) is 14.5 Å². The number of hydrogen-bond acceptors (Lipinski definition) is 2. The number of aromatic nitrogens is 3. The fourth-order valence-electron chi connectivity index (χ4n) is 2.34. The molecule has 0 N–H and O–H groups in total. The summed E-state index contributed by atoms with van der Waals surface area (Å²) in [7, 11) is 0. The van der Waals surface area contributed by atoms with E-state index in [1.165, 1.54) is 24.2 Å². The monoisotopic (exact) mass is 247 g/mol. The van der Waals surface area contributed by atoms with Crippen molar-refractivity contribution in [3.8, 4) is 5.82 Å². The minimum absolute atomic E-state index is 0.449. The summed E-state index contributed by atoms with van der Waals surface area (Å²) < 4.78 is 2.10. The van der Waals surface area contributed by atoms with E-state index in [4.69, 9.17) is 11.6 Å². The zero-order valence-electron chi connectivity index (χ0n) is 9.56. The fourth-order valence-corrected chi connectivity index (χ4v) is 2.49. The molecule has 4 heteroatoms. The van der Waals surface area contributed by atoms with Gasteiger partial charge in [0, 0.05) is 5.69 Å². The van der Waals surface area contributed by atoms with Crippen LogP contribution in [0.2, 0.25) is 0 Å². The highest BCUT2D eigenvalue weighted by Crippen LogP contribution is 2.22. The maximum Gasteiger partial charge on any atom is 0.138 e. The number of halogens is 1. The first-order chi connectivity index (χ1) is 8.38. The maximum absolute atomic E-state index is 5.82. The van der Waals surface area contributed by atoms with Crippen LogP contribution in [0.25, 0.3) is 5.82 Å². The number of hydrogen-bond donors (Lipinski definition) is 0. The number of aryl methyl sites for hydroxylation is 1. The molecule has 0 fully saturated rings. The highest BCUT2D eigenvalue weighted by Gasteiger charge is 2.16. The molecule has 0 unspecified atom stereocenters. The second-order valence-electron chi connectivity index (χ2n) is 4.34. The lowest BCUT2D eigenvalue weighted by atomic mass is 10.0. The van der Waals surface area contributed by atoms with Crippen molar-refractivity contribution in [1.82, 2.24) is 14.5 Å². The molecule has 0 radical (unpaired) electrons. The third-order valence-electron chi connectivity index (χ3n) is 3.21. The molecule has 1 aliphatic carbocycles. The molecule has 3 nitrogen and oxygen atoms in total. The predicted octanol–water partition coefficient (Wildman–Crippen LogP) is 2.88. The molecule has 2 aromatic rings. The van der Waals surface area contributed by atoms with Crippen LogP contribution in [0.4, 0.5) is 0 Å². The Morgan fingerprint density at radius 1 is 1.24 bits per heavy atom. The average Bonchev–Trinajstić information content (AvgIpc) is 2.82. The van der Waals surface area contributed by atoms with Gasteiger partial charge in [-0.2, -0.15) is 0 Å². The Morgan fingerprint density at radius 3 is 3.00 bits per heavy atom. The van der Waals surface area contributed by atoms with Crippen LogP contribution in [0, 0.1) is 0 Å². The average molecular weight is 248 g/mol. The van der Waals surface area contributed by atoms with Crippen LogP contribution in [0.5, 0.6) is 0 Å². The topological polar surface area (TPSA) is 30.7 Å². The van der Waals surface area contributed by atoms with E-state index in [0.29, 0.717) is 5.88 Å². The van der Waals surface area contributed by atoms with Crippen molar-refractivity contribution < 1.29 is 0 Å². The van der Waals surface area contributed by atoms with Gasteiger partial charge in [-0.25, -0.2) is 9.97 Å². The first kappa shape index (κ1) is 10.8. The fraction of sp³-hybridized carbons (Fsp3) is 0.385. The van der Waals surface area contributed by atoms with Gasteiger partial charge in [-0.05, 0) is 37.8 Å². The Hall–Kier alpha value is -1.35. The van der Waals surface area contributed by atoms with Crippen molar-refractivity contribution in [2.75, 3.05) is 0 Å². The Balaban J connectivity index is 2.05. The second kappa shape index (κ2) is 4.49. The number of pyridine rings is 1. The molecule has 0 saturated heterocycles. The van der Waals surface area contributed by atoms with E-state index in [0.717, 1.165) is 24.4 Å². The zero-order valence-corrected chi connectivity index (χ0v) is 10.3. The smallest absolute Gasteiger partial charge is 0.138 e. The van der Waals surface area contributed by atoms with Gasteiger partial charge in [0.05, 0.1) is 17.3 Å². The molecule has 0 aromatic carbocycles. The molecular weight excluding hydrogens is 234 g/mol. The molecule has 0 saturated carbocycles. The molecule has 1 aliphatic rings. The first-order valence-electron chi connectivity index (χ1n) is 5.96. The standard InChI is InChI=1S/C13H14ClN3/c14-8-10-4-3-7-13(16-10)17-9-15-11-5-1-2-6-12(11)17/h3-4,7,9H,1-2,5-6,8H2. The molecular formula is C13H14ClN3. The second-order valence-corrected chi connectivity index (χ2v) is 4.60. The van der Waals surface area contributed by atoms with Crippen LogP contribution in [-0.2, 0) is 18.7 Å². The maximum atomic E-state index is 5.82. The minimum atomic E-state index is 0.449. The Bertz CT molecular complexity index is 533. The van der Waals surface area contributed by atoms with Crippen LogP contribution in [0.3, 0.4) is 0 Å². The molecule has 88 valence electrons. The summed E-state index contributed by atoms with van der Waals surface area (Å²) in [6.45, 7) is 0. The molecule has 0 bridgehead atoms. The summed E-state index contributed by atoms with van der Waals surface area (Å²) in [5.74, 6) is 1.38. The Labute approximate surface area is 105 Å². The quantitative estimate of drug-likeness (QED) is 0.764. The summed E-state index contributed by atoms with van der Waals surface area (Å²) in [5, 5.41) is 0. The van der Waals surface area contributed by atoms with Gasteiger partial charge in [0.25, 0.3) is 0 Å². The largest absolute Gasteiger partial charge is 0.287 e. The summed E-state index contributed by atoms with van der Waals surface area (Å²) in [6.07, 6.45) is 6.57. The number of fused-ring (bicyclic) bond motifs is 1. The lowest BCUT2D eigenvalue weighted by molar-refractivity contribution is 0.654. The van der Waals surface area contributed by atoms with Crippen molar-refractivity contribution in [3.63, 3.8) is 0 Å². The highest BCUT2D eigenvalue weighted by atomic mass is 35.5. The Kier molecular flexibility index (Phi) is 2.85. The van der Waals surface area contributed by atoms with E-state index in [-0.39, 0.29) is 0 Å². The first-order valence-corrected chi connectivity index (χ1v) is 6.49. The van der Waals surface area contributed by atoms with E-state index in [1.54, 1.807) is 0 Å². The molecule has 0 amide bonds. The Morgan fingerprint density at radius 2 is 2.12 bits per heavy atom. The lowest BCUT2D eigenvalue weighted by Gasteiger charge is -2.13. The molecule has 0 atom stereocenters. The van der Waals surface area contributed by atoms with Gasteiger partial charge >= 0.3 is 0 Å². The lowest BCUT2D eigenvalue weighted by Crippen LogP contribution is -2.08. The number of nitrogens with zero attached hydrogens (tertiary/aromatic N) is 3. The number of rotatable bonds is 2. The molecule has 0 aliphatic heterocycles. The van der Waals surface area contributed by atoms with Gasteiger partial charge in [-0.1, -0.05) is 6.07 Å². The number of imidazole rings is 1. The summed E-state index contributed by atoms with van der Waals surface area (Å²) in [6, 6.07) is 5.95. The van der Waals surface area contributed by atoms with E-state index >= 15 is 0 Å². The zero-order chi connectivity index (χ0) is 11.7. The van der Waals surface area contributed by atoms with E-state index in [2.05, 4.69) is 14.5 Å².